The zero-order valence-electron chi connectivity index (χ0n) is 17.6. The topological polar surface area (TPSA) is 120 Å². The van der Waals surface area contributed by atoms with E-state index in [1.54, 1.807) is 18.2 Å². The Labute approximate surface area is 191 Å². The lowest BCUT2D eigenvalue weighted by molar-refractivity contribution is -0.231. The molecule has 7 nitrogen and oxygen atoms in total. The molecular weight excluding hydrogens is 436 g/mol. The van der Waals surface area contributed by atoms with E-state index in [0.29, 0.717) is 22.8 Å². The van der Waals surface area contributed by atoms with Crippen LogP contribution in [-0.2, 0) is 11.2 Å². The monoisotopic (exact) mass is 464 g/mol. The van der Waals surface area contributed by atoms with Crippen LogP contribution >= 0.6 is 11.6 Å². The van der Waals surface area contributed by atoms with Gasteiger partial charge in [-0.25, -0.2) is 0 Å². The number of rotatable bonds is 7. The van der Waals surface area contributed by atoms with E-state index in [1.807, 2.05) is 24.3 Å². The lowest BCUT2D eigenvalue weighted by atomic mass is 9.80. The van der Waals surface area contributed by atoms with Crippen LogP contribution in [0.25, 0.3) is 0 Å². The van der Waals surface area contributed by atoms with Gasteiger partial charge in [-0.05, 0) is 60.6 Å². The highest BCUT2D eigenvalue weighted by Crippen LogP contribution is 2.37. The fourth-order valence-electron chi connectivity index (χ4n) is 4.29. The number of hydrogen-bond acceptors (Lipinski definition) is 7. The Morgan fingerprint density at radius 3 is 2.28 bits per heavy atom. The summed E-state index contributed by atoms with van der Waals surface area (Å²) >= 11 is 6.41. The minimum absolute atomic E-state index is 0.00903. The maximum atomic E-state index is 10.4. The molecule has 8 heteroatoms. The standard InChI is InChI=1S/C24H29ClO7/c25-18-7-4-15(23-22(30)21(29)20(28)19(12-26)31-23)11-16(18)10-14-2-5-17(6-3-14)32-24(13-27)8-1-9-24/h2-7,11,19-23,26-30H,1,8-10,12-13H2/t19-,20-,21+,22-,23+/m1/s1. The van der Waals surface area contributed by atoms with Gasteiger partial charge in [-0.3, -0.25) is 0 Å². The third-order valence-electron chi connectivity index (χ3n) is 6.50. The van der Waals surface area contributed by atoms with Gasteiger partial charge in [0.25, 0.3) is 0 Å². The Morgan fingerprint density at radius 1 is 0.969 bits per heavy atom. The number of halogens is 1. The normalized spacial score (nSPS) is 29.4. The van der Waals surface area contributed by atoms with E-state index >= 15 is 0 Å². The average Bonchev–Trinajstić information content (AvgIpc) is 2.78. The summed E-state index contributed by atoms with van der Waals surface area (Å²) in [5.74, 6) is 0.712. The maximum absolute atomic E-state index is 10.4. The van der Waals surface area contributed by atoms with Crippen LogP contribution in [0, 0.1) is 0 Å². The fourth-order valence-corrected chi connectivity index (χ4v) is 4.48. The summed E-state index contributed by atoms with van der Waals surface area (Å²) in [5.41, 5.74) is 1.94. The Hall–Kier alpha value is -1.71. The highest BCUT2D eigenvalue weighted by molar-refractivity contribution is 6.31. The molecule has 1 heterocycles. The van der Waals surface area contributed by atoms with Crippen molar-refractivity contribution in [2.24, 2.45) is 0 Å². The summed E-state index contributed by atoms with van der Waals surface area (Å²) in [5, 5.41) is 50.1. The molecule has 0 radical (unpaired) electrons. The van der Waals surface area contributed by atoms with Crippen LogP contribution in [0.4, 0.5) is 0 Å². The van der Waals surface area contributed by atoms with Crippen molar-refractivity contribution in [3.05, 3.63) is 64.2 Å². The molecule has 174 valence electrons. The van der Waals surface area contributed by atoms with E-state index in [4.69, 9.17) is 21.1 Å². The van der Waals surface area contributed by atoms with Crippen molar-refractivity contribution in [1.82, 2.24) is 0 Å². The second kappa shape index (κ2) is 9.65. The summed E-state index contributed by atoms with van der Waals surface area (Å²) in [6, 6.07) is 12.8. The molecule has 1 aliphatic heterocycles. The van der Waals surface area contributed by atoms with Gasteiger partial charge in [-0.2, -0.15) is 0 Å². The zero-order chi connectivity index (χ0) is 22.9. The smallest absolute Gasteiger partial charge is 0.132 e. The molecule has 1 saturated heterocycles. The van der Waals surface area contributed by atoms with Crippen molar-refractivity contribution in [2.75, 3.05) is 13.2 Å². The van der Waals surface area contributed by atoms with Crippen LogP contribution in [-0.4, -0.2) is 68.8 Å². The van der Waals surface area contributed by atoms with Crippen molar-refractivity contribution < 1.29 is 35.0 Å². The predicted octanol–water partition coefficient (Wildman–Crippen LogP) is 1.74. The summed E-state index contributed by atoms with van der Waals surface area (Å²) in [6.07, 6.45) is -2.77. The number of aliphatic hydroxyl groups is 5. The van der Waals surface area contributed by atoms with Crippen LogP contribution in [0.3, 0.4) is 0 Å². The molecule has 5 N–H and O–H groups in total. The van der Waals surface area contributed by atoms with Crippen LogP contribution in [0.15, 0.2) is 42.5 Å². The number of benzene rings is 2. The zero-order valence-corrected chi connectivity index (χ0v) is 18.4. The van der Waals surface area contributed by atoms with Gasteiger partial charge < -0.3 is 35.0 Å². The molecule has 1 aliphatic carbocycles. The molecule has 1 saturated carbocycles. The first-order valence-electron chi connectivity index (χ1n) is 10.8. The van der Waals surface area contributed by atoms with E-state index in [1.165, 1.54) is 0 Å². The Bertz CT molecular complexity index is 908. The van der Waals surface area contributed by atoms with Crippen LogP contribution in [0.1, 0.15) is 42.1 Å². The van der Waals surface area contributed by atoms with E-state index in [9.17, 15) is 25.5 Å². The van der Waals surface area contributed by atoms with Gasteiger partial charge in [0.15, 0.2) is 0 Å². The first-order chi connectivity index (χ1) is 15.4. The number of aliphatic hydroxyl groups excluding tert-OH is 5. The second-order valence-corrected chi connectivity index (χ2v) is 9.13. The maximum Gasteiger partial charge on any atom is 0.132 e. The van der Waals surface area contributed by atoms with Crippen molar-refractivity contribution >= 4 is 11.6 Å². The van der Waals surface area contributed by atoms with Gasteiger partial charge in [0, 0.05) is 5.02 Å². The fraction of sp³-hybridized carbons (Fsp3) is 0.500. The van der Waals surface area contributed by atoms with Gasteiger partial charge >= 0.3 is 0 Å². The lowest BCUT2D eigenvalue weighted by Crippen LogP contribution is -2.55. The van der Waals surface area contributed by atoms with Crippen LogP contribution in [0.5, 0.6) is 5.75 Å². The molecular formula is C24H29ClO7. The van der Waals surface area contributed by atoms with E-state index in [0.717, 1.165) is 30.4 Å². The molecule has 0 bridgehead atoms. The van der Waals surface area contributed by atoms with E-state index in [-0.39, 0.29) is 6.61 Å². The van der Waals surface area contributed by atoms with Crippen molar-refractivity contribution in [3.63, 3.8) is 0 Å². The quantitative estimate of drug-likeness (QED) is 0.423. The predicted molar refractivity (Wildman–Crippen MR) is 118 cm³/mol. The molecule has 2 aliphatic rings. The third kappa shape index (κ3) is 4.65. The largest absolute Gasteiger partial charge is 0.485 e. The Balaban J connectivity index is 1.49. The Kier molecular flexibility index (Phi) is 7.07. The summed E-state index contributed by atoms with van der Waals surface area (Å²) in [6.45, 7) is -0.469. The minimum Gasteiger partial charge on any atom is -0.485 e. The lowest BCUT2D eigenvalue weighted by Gasteiger charge is -2.40. The summed E-state index contributed by atoms with van der Waals surface area (Å²) < 4.78 is 11.6. The van der Waals surface area contributed by atoms with E-state index < -0.39 is 42.7 Å². The first-order valence-corrected chi connectivity index (χ1v) is 11.2. The average molecular weight is 465 g/mol. The van der Waals surface area contributed by atoms with Crippen molar-refractivity contribution in [2.45, 2.75) is 61.8 Å². The van der Waals surface area contributed by atoms with Gasteiger partial charge in [0.05, 0.1) is 13.2 Å². The van der Waals surface area contributed by atoms with Gasteiger partial charge in [-0.1, -0.05) is 35.9 Å². The first kappa shape index (κ1) is 23.4. The van der Waals surface area contributed by atoms with Gasteiger partial charge in [0.1, 0.15) is 41.9 Å². The molecule has 5 atom stereocenters. The highest BCUT2D eigenvalue weighted by atomic mass is 35.5. The summed E-state index contributed by atoms with van der Waals surface area (Å²) in [4.78, 5) is 0. The minimum atomic E-state index is -1.43. The molecule has 0 aromatic heterocycles. The molecule has 0 spiro atoms. The molecule has 4 rings (SSSR count). The molecule has 2 aromatic rings. The molecule has 0 amide bonds. The summed E-state index contributed by atoms with van der Waals surface area (Å²) in [7, 11) is 0. The van der Waals surface area contributed by atoms with Crippen molar-refractivity contribution in [3.8, 4) is 5.75 Å². The third-order valence-corrected chi connectivity index (χ3v) is 6.86. The van der Waals surface area contributed by atoms with Gasteiger partial charge in [0.2, 0.25) is 0 Å². The number of ether oxygens (including phenoxy) is 2. The molecule has 0 unspecified atom stereocenters. The van der Waals surface area contributed by atoms with Crippen LogP contribution < -0.4 is 4.74 Å². The highest BCUT2D eigenvalue weighted by Gasteiger charge is 2.44. The van der Waals surface area contributed by atoms with E-state index in [2.05, 4.69) is 0 Å². The Morgan fingerprint density at radius 2 is 1.69 bits per heavy atom. The van der Waals surface area contributed by atoms with Gasteiger partial charge in [-0.15, -0.1) is 0 Å². The molecule has 2 aromatic carbocycles. The molecule has 32 heavy (non-hydrogen) atoms. The molecule has 2 fully saturated rings. The van der Waals surface area contributed by atoms with Crippen LogP contribution in [0.2, 0.25) is 5.02 Å². The second-order valence-electron chi connectivity index (χ2n) is 8.72. The number of hydrogen-bond donors (Lipinski definition) is 5. The van der Waals surface area contributed by atoms with Crippen molar-refractivity contribution in [1.29, 1.82) is 0 Å². The SMILES string of the molecule is OC[C@H]1O[C@@H](c2ccc(Cl)c(Cc3ccc(OC4(CO)CCC4)cc3)c2)[C@H](O)[C@@H](O)[C@@H]1O.